The average molecular weight is 263 g/mol. The number of amides is 1. The lowest BCUT2D eigenvalue weighted by Gasteiger charge is -2.27. The standard InChI is InChI=1S/C12H19F2NO3/c1-6-7-17-9-12(13,14)8-15(5)10(16)18-11(2,3)4/h1H,7-9H2,2-5H3. The second kappa shape index (κ2) is 6.55. The minimum Gasteiger partial charge on any atom is -0.444 e. The van der Waals surface area contributed by atoms with Crippen LogP contribution in [0.15, 0.2) is 0 Å². The second-order valence-electron chi connectivity index (χ2n) is 4.89. The number of hydrogen-bond donors (Lipinski definition) is 0. The molecular weight excluding hydrogens is 244 g/mol. The number of rotatable bonds is 5. The number of nitrogens with zero attached hydrogens (tertiary/aromatic N) is 1. The van der Waals surface area contributed by atoms with Gasteiger partial charge in [0.15, 0.2) is 0 Å². The van der Waals surface area contributed by atoms with E-state index in [1.54, 1.807) is 20.8 Å². The Kier molecular flexibility index (Phi) is 6.06. The molecule has 6 heteroatoms. The zero-order chi connectivity index (χ0) is 14.4. The minimum absolute atomic E-state index is 0.189. The number of terminal acetylenes is 1. The van der Waals surface area contributed by atoms with Crippen LogP contribution < -0.4 is 0 Å². The van der Waals surface area contributed by atoms with Gasteiger partial charge in [0.1, 0.15) is 18.8 Å². The summed E-state index contributed by atoms with van der Waals surface area (Å²) in [5.41, 5.74) is -0.722. The molecule has 0 fully saturated rings. The first-order valence-corrected chi connectivity index (χ1v) is 5.40. The van der Waals surface area contributed by atoms with Crippen LogP contribution in [0.1, 0.15) is 20.8 Å². The molecule has 0 aliphatic rings. The third-order valence-electron chi connectivity index (χ3n) is 1.67. The van der Waals surface area contributed by atoms with E-state index in [1.165, 1.54) is 7.05 Å². The zero-order valence-electron chi connectivity index (χ0n) is 11.1. The van der Waals surface area contributed by atoms with Gasteiger partial charge in [0, 0.05) is 7.05 Å². The van der Waals surface area contributed by atoms with E-state index < -0.39 is 30.8 Å². The van der Waals surface area contributed by atoms with Crippen LogP contribution in [0.5, 0.6) is 0 Å². The zero-order valence-corrected chi connectivity index (χ0v) is 11.1. The van der Waals surface area contributed by atoms with E-state index >= 15 is 0 Å². The Morgan fingerprint density at radius 3 is 2.39 bits per heavy atom. The molecule has 0 spiro atoms. The molecule has 0 bridgehead atoms. The Labute approximate surface area is 106 Å². The summed E-state index contributed by atoms with van der Waals surface area (Å²) in [6, 6.07) is 0. The van der Waals surface area contributed by atoms with Crippen molar-refractivity contribution in [2.24, 2.45) is 0 Å². The molecule has 0 aromatic heterocycles. The van der Waals surface area contributed by atoms with E-state index in [2.05, 4.69) is 10.7 Å². The highest BCUT2D eigenvalue weighted by Gasteiger charge is 2.34. The van der Waals surface area contributed by atoms with Gasteiger partial charge in [-0.3, -0.25) is 0 Å². The van der Waals surface area contributed by atoms with Gasteiger partial charge in [-0.05, 0) is 20.8 Å². The molecule has 0 aliphatic carbocycles. The van der Waals surface area contributed by atoms with E-state index in [0.29, 0.717) is 0 Å². The maximum atomic E-state index is 13.3. The lowest BCUT2D eigenvalue weighted by molar-refractivity contribution is -0.0870. The van der Waals surface area contributed by atoms with E-state index in [4.69, 9.17) is 11.2 Å². The highest BCUT2D eigenvalue weighted by molar-refractivity contribution is 5.67. The van der Waals surface area contributed by atoms with Gasteiger partial charge in [0.25, 0.3) is 5.92 Å². The first kappa shape index (κ1) is 16.6. The Bertz CT molecular complexity index is 318. The molecule has 0 atom stereocenters. The van der Waals surface area contributed by atoms with Crippen LogP contribution in [0.3, 0.4) is 0 Å². The van der Waals surface area contributed by atoms with Crippen molar-refractivity contribution in [1.82, 2.24) is 4.90 Å². The smallest absolute Gasteiger partial charge is 0.410 e. The highest BCUT2D eigenvalue weighted by atomic mass is 19.3. The predicted molar refractivity (Wildman–Crippen MR) is 63.5 cm³/mol. The van der Waals surface area contributed by atoms with Gasteiger partial charge >= 0.3 is 6.09 Å². The van der Waals surface area contributed by atoms with Crippen LogP contribution in [0.2, 0.25) is 0 Å². The number of carbonyl (C=O) groups excluding carboxylic acids is 1. The molecule has 0 rings (SSSR count). The van der Waals surface area contributed by atoms with Gasteiger partial charge in [-0.15, -0.1) is 6.42 Å². The van der Waals surface area contributed by atoms with Gasteiger partial charge in [-0.2, -0.15) is 0 Å². The van der Waals surface area contributed by atoms with Crippen molar-refractivity contribution in [1.29, 1.82) is 0 Å². The van der Waals surface area contributed by atoms with Crippen LogP contribution in [-0.2, 0) is 9.47 Å². The Morgan fingerprint density at radius 2 is 1.94 bits per heavy atom. The SMILES string of the molecule is C#CCOCC(F)(F)CN(C)C(=O)OC(C)(C)C. The third-order valence-corrected chi connectivity index (χ3v) is 1.67. The van der Waals surface area contributed by atoms with Gasteiger partial charge in [0.05, 0.1) is 6.54 Å². The lowest BCUT2D eigenvalue weighted by Crippen LogP contribution is -2.43. The molecule has 104 valence electrons. The molecule has 0 aliphatic heterocycles. The summed E-state index contributed by atoms with van der Waals surface area (Å²) >= 11 is 0. The van der Waals surface area contributed by atoms with Crippen molar-refractivity contribution < 1.29 is 23.0 Å². The van der Waals surface area contributed by atoms with Crippen LogP contribution >= 0.6 is 0 Å². The summed E-state index contributed by atoms with van der Waals surface area (Å²) in [7, 11) is 1.24. The highest BCUT2D eigenvalue weighted by Crippen LogP contribution is 2.17. The summed E-state index contributed by atoms with van der Waals surface area (Å²) in [6.07, 6.45) is 4.07. The van der Waals surface area contributed by atoms with Crippen molar-refractivity contribution >= 4 is 6.09 Å². The summed E-state index contributed by atoms with van der Waals surface area (Å²) in [5.74, 6) is -1.08. The topological polar surface area (TPSA) is 38.8 Å². The van der Waals surface area contributed by atoms with Gasteiger partial charge in [-0.1, -0.05) is 5.92 Å². The molecule has 0 radical (unpaired) electrons. The van der Waals surface area contributed by atoms with E-state index in [0.717, 1.165) is 4.90 Å². The van der Waals surface area contributed by atoms with Crippen LogP contribution in [0.4, 0.5) is 13.6 Å². The molecule has 0 unspecified atom stereocenters. The molecule has 4 nitrogen and oxygen atoms in total. The summed E-state index contributed by atoms with van der Waals surface area (Å²) in [4.78, 5) is 12.3. The van der Waals surface area contributed by atoms with Crippen LogP contribution in [0.25, 0.3) is 0 Å². The van der Waals surface area contributed by atoms with Gasteiger partial charge in [-0.25, -0.2) is 13.6 Å². The van der Waals surface area contributed by atoms with Crippen molar-refractivity contribution in [3.05, 3.63) is 0 Å². The number of carbonyl (C=O) groups is 1. The molecular formula is C12H19F2NO3. The monoisotopic (exact) mass is 263 g/mol. The first-order valence-electron chi connectivity index (χ1n) is 5.40. The molecule has 0 heterocycles. The second-order valence-corrected chi connectivity index (χ2v) is 4.89. The summed E-state index contributed by atoms with van der Waals surface area (Å²) < 4.78 is 36.2. The molecule has 0 N–H and O–H groups in total. The Morgan fingerprint density at radius 1 is 1.39 bits per heavy atom. The largest absolute Gasteiger partial charge is 0.444 e. The molecule has 18 heavy (non-hydrogen) atoms. The maximum Gasteiger partial charge on any atom is 0.410 e. The minimum atomic E-state index is -3.16. The number of halogens is 2. The molecule has 1 amide bonds. The van der Waals surface area contributed by atoms with Crippen molar-refractivity contribution in [3.8, 4) is 12.3 Å². The number of hydrogen-bond acceptors (Lipinski definition) is 3. The van der Waals surface area contributed by atoms with Crippen LogP contribution in [0, 0.1) is 12.3 Å². The van der Waals surface area contributed by atoms with E-state index in [9.17, 15) is 13.6 Å². The Balaban J connectivity index is 4.24. The van der Waals surface area contributed by atoms with E-state index in [-0.39, 0.29) is 6.61 Å². The van der Waals surface area contributed by atoms with Crippen molar-refractivity contribution in [2.45, 2.75) is 32.3 Å². The van der Waals surface area contributed by atoms with Crippen molar-refractivity contribution in [2.75, 3.05) is 26.8 Å². The first-order chi connectivity index (χ1) is 8.07. The van der Waals surface area contributed by atoms with Crippen LogP contribution in [-0.4, -0.2) is 49.3 Å². The van der Waals surface area contributed by atoms with Crippen molar-refractivity contribution in [3.63, 3.8) is 0 Å². The average Bonchev–Trinajstić information content (AvgIpc) is 2.14. The normalized spacial score (nSPS) is 11.8. The summed E-state index contributed by atoms with van der Waals surface area (Å²) in [5, 5.41) is 0. The Hall–Kier alpha value is -1.35. The van der Waals surface area contributed by atoms with E-state index in [1.807, 2.05) is 0 Å². The fourth-order valence-corrected chi connectivity index (χ4v) is 1.06. The van der Waals surface area contributed by atoms with Gasteiger partial charge in [0.2, 0.25) is 0 Å². The number of alkyl halides is 2. The molecule has 0 aromatic carbocycles. The maximum absolute atomic E-state index is 13.3. The molecule has 0 saturated carbocycles. The summed E-state index contributed by atoms with van der Waals surface area (Å²) in [6.45, 7) is 3.18. The number of ether oxygens (including phenoxy) is 2. The fourth-order valence-electron chi connectivity index (χ4n) is 1.06. The molecule has 0 aromatic rings. The third kappa shape index (κ3) is 7.85. The molecule has 0 saturated heterocycles. The predicted octanol–water partition coefficient (Wildman–Crippen LogP) is 2.14. The fraction of sp³-hybridized carbons (Fsp3) is 0.750. The van der Waals surface area contributed by atoms with Gasteiger partial charge < -0.3 is 14.4 Å². The quantitative estimate of drug-likeness (QED) is 0.563. The lowest BCUT2D eigenvalue weighted by atomic mass is 10.2.